The van der Waals surface area contributed by atoms with Gasteiger partial charge in [-0.15, -0.1) is 0 Å². The maximum absolute atomic E-state index is 12.1. The van der Waals surface area contributed by atoms with Crippen molar-refractivity contribution in [3.05, 3.63) is 70.5 Å². The lowest BCUT2D eigenvalue weighted by atomic mass is 10.3. The molecule has 2 aromatic carbocycles. The van der Waals surface area contributed by atoms with E-state index in [-0.39, 0.29) is 5.69 Å². The first-order valence-corrected chi connectivity index (χ1v) is 4.73. The molecule has 0 heterocycles. The molecule has 0 saturated carbocycles. The van der Waals surface area contributed by atoms with Crippen LogP contribution in [-0.2, 0) is 0 Å². The van der Waals surface area contributed by atoms with E-state index in [2.05, 4.69) is 0 Å². The summed E-state index contributed by atoms with van der Waals surface area (Å²) >= 11 is 0. The van der Waals surface area contributed by atoms with Gasteiger partial charge in [0.2, 0.25) is 0 Å². The largest absolute Gasteiger partial charge is 0.508 e. The predicted octanol–water partition coefficient (Wildman–Crippen LogP) is 3.13. The van der Waals surface area contributed by atoms with Gasteiger partial charge in [0.25, 0.3) is 5.69 Å². The Labute approximate surface area is 97.1 Å². The molecule has 4 nitrogen and oxygen atoms in total. The van der Waals surface area contributed by atoms with Crippen LogP contribution in [0, 0.1) is 15.9 Å². The van der Waals surface area contributed by atoms with Gasteiger partial charge in [-0.05, 0) is 24.3 Å². The Morgan fingerprint density at radius 2 is 1.53 bits per heavy atom. The lowest BCUT2D eigenvalue weighted by molar-refractivity contribution is -0.384. The fourth-order valence-electron chi connectivity index (χ4n) is 0.991. The highest BCUT2D eigenvalue weighted by Crippen LogP contribution is 2.09. The number of para-hydroxylation sites is 1. The molecule has 0 aliphatic rings. The average Bonchev–Trinajstić information content (AvgIpc) is 2.31. The summed E-state index contributed by atoms with van der Waals surface area (Å²) in [6.07, 6.45) is 0. The lowest BCUT2D eigenvalue weighted by Gasteiger charge is -1.87. The second-order valence-corrected chi connectivity index (χ2v) is 3.07. The summed E-state index contributed by atoms with van der Waals surface area (Å²) in [6.45, 7) is 0. The zero-order valence-electron chi connectivity index (χ0n) is 8.79. The van der Waals surface area contributed by atoms with Crippen molar-refractivity contribution in [3.8, 4) is 5.75 Å². The molecule has 88 valence electrons. The monoisotopic (exact) mass is 235 g/mol. The summed E-state index contributed by atoms with van der Waals surface area (Å²) in [4.78, 5) is 9.43. The molecule has 5 heteroatoms. The van der Waals surface area contributed by atoms with E-state index in [4.69, 9.17) is 5.11 Å². The number of hydrogen-bond donors (Lipinski definition) is 1. The normalized spacial score (nSPS) is 9.00. The molecule has 2 aromatic rings. The number of aromatic hydroxyl groups is 1. The molecule has 0 atom stereocenters. The number of phenols is 1. The number of hydrogen-bond acceptors (Lipinski definition) is 3. The van der Waals surface area contributed by atoms with Crippen molar-refractivity contribution >= 4 is 5.69 Å². The lowest BCUT2D eigenvalue weighted by Crippen LogP contribution is -1.86. The van der Waals surface area contributed by atoms with Crippen molar-refractivity contribution in [1.82, 2.24) is 0 Å². The quantitative estimate of drug-likeness (QED) is 0.610. The van der Waals surface area contributed by atoms with Crippen LogP contribution in [0.1, 0.15) is 0 Å². The van der Waals surface area contributed by atoms with Gasteiger partial charge in [0.05, 0.1) is 4.92 Å². The van der Waals surface area contributed by atoms with Crippen molar-refractivity contribution in [1.29, 1.82) is 0 Å². The standard InChI is InChI=1S/C6H4FNO2.C6H6O/c7-5-1-3-6(4-2-5)8(9)10;7-6-4-2-1-3-5-6/h1-4H;1-5,7H. The molecular weight excluding hydrogens is 225 g/mol. The second-order valence-electron chi connectivity index (χ2n) is 3.07. The molecule has 0 amide bonds. The van der Waals surface area contributed by atoms with E-state index in [0.717, 1.165) is 24.3 Å². The van der Waals surface area contributed by atoms with E-state index in [1.807, 2.05) is 6.07 Å². The van der Waals surface area contributed by atoms with Crippen LogP contribution in [0.3, 0.4) is 0 Å². The zero-order chi connectivity index (χ0) is 12.7. The molecule has 0 aromatic heterocycles. The third kappa shape index (κ3) is 4.74. The summed E-state index contributed by atoms with van der Waals surface area (Å²) < 4.78 is 12.1. The highest BCUT2D eigenvalue weighted by molar-refractivity contribution is 5.28. The molecule has 17 heavy (non-hydrogen) atoms. The molecule has 2 rings (SSSR count). The maximum atomic E-state index is 12.1. The van der Waals surface area contributed by atoms with Gasteiger partial charge in [-0.1, -0.05) is 18.2 Å². The Bertz CT molecular complexity index is 471. The fourth-order valence-corrected chi connectivity index (χ4v) is 0.991. The number of non-ortho nitro benzene ring substituents is 1. The fraction of sp³-hybridized carbons (Fsp3) is 0. The van der Waals surface area contributed by atoms with Gasteiger partial charge in [-0.2, -0.15) is 0 Å². The van der Waals surface area contributed by atoms with Gasteiger partial charge in [0.1, 0.15) is 11.6 Å². The van der Waals surface area contributed by atoms with Crippen LogP contribution < -0.4 is 0 Å². The van der Waals surface area contributed by atoms with E-state index in [1.165, 1.54) is 0 Å². The van der Waals surface area contributed by atoms with Crippen molar-refractivity contribution in [2.24, 2.45) is 0 Å². The molecule has 0 saturated heterocycles. The van der Waals surface area contributed by atoms with Gasteiger partial charge < -0.3 is 5.11 Å². The Hall–Kier alpha value is -2.43. The Morgan fingerprint density at radius 3 is 1.88 bits per heavy atom. The number of phenolic OH excluding ortho intramolecular Hbond substituents is 1. The van der Waals surface area contributed by atoms with Gasteiger partial charge in [0, 0.05) is 12.1 Å². The van der Waals surface area contributed by atoms with Crippen molar-refractivity contribution in [2.45, 2.75) is 0 Å². The molecule has 0 spiro atoms. The van der Waals surface area contributed by atoms with Crippen LogP contribution >= 0.6 is 0 Å². The SMILES string of the molecule is O=[N+]([O-])c1ccc(F)cc1.Oc1ccccc1. The first-order chi connectivity index (χ1) is 8.09. The molecule has 0 bridgehead atoms. The van der Waals surface area contributed by atoms with Crippen molar-refractivity contribution < 1.29 is 14.4 Å². The third-order valence-corrected chi connectivity index (χ3v) is 1.79. The van der Waals surface area contributed by atoms with E-state index in [9.17, 15) is 14.5 Å². The molecule has 1 N–H and O–H groups in total. The summed E-state index contributed by atoms with van der Waals surface area (Å²) in [5, 5.41) is 18.6. The van der Waals surface area contributed by atoms with Crippen LogP contribution in [0.4, 0.5) is 10.1 Å². The van der Waals surface area contributed by atoms with Crippen LogP contribution in [-0.4, -0.2) is 10.0 Å². The van der Waals surface area contributed by atoms with Crippen molar-refractivity contribution in [2.75, 3.05) is 0 Å². The van der Waals surface area contributed by atoms with E-state index >= 15 is 0 Å². The molecule has 0 radical (unpaired) electrons. The number of halogens is 1. The van der Waals surface area contributed by atoms with Gasteiger partial charge in [-0.3, -0.25) is 10.1 Å². The number of nitro groups is 1. The van der Waals surface area contributed by atoms with Gasteiger partial charge >= 0.3 is 0 Å². The van der Waals surface area contributed by atoms with Gasteiger partial charge in [-0.25, -0.2) is 4.39 Å². The molecule has 0 aliphatic carbocycles. The maximum Gasteiger partial charge on any atom is 0.269 e. The van der Waals surface area contributed by atoms with Crippen LogP contribution in [0.5, 0.6) is 5.75 Å². The molecule has 0 fully saturated rings. The smallest absolute Gasteiger partial charge is 0.269 e. The summed E-state index contributed by atoms with van der Waals surface area (Å²) in [5.41, 5.74) is -0.0959. The minimum Gasteiger partial charge on any atom is -0.508 e. The van der Waals surface area contributed by atoms with Crippen LogP contribution in [0.2, 0.25) is 0 Å². The highest BCUT2D eigenvalue weighted by Gasteiger charge is 2.01. The van der Waals surface area contributed by atoms with E-state index < -0.39 is 10.7 Å². The zero-order valence-corrected chi connectivity index (χ0v) is 8.79. The van der Waals surface area contributed by atoms with E-state index in [0.29, 0.717) is 5.75 Å². The highest BCUT2D eigenvalue weighted by atomic mass is 19.1. The predicted molar refractivity (Wildman–Crippen MR) is 61.2 cm³/mol. The Balaban J connectivity index is 0.000000181. The first-order valence-electron chi connectivity index (χ1n) is 4.73. The van der Waals surface area contributed by atoms with Crippen LogP contribution in [0.15, 0.2) is 54.6 Å². The van der Waals surface area contributed by atoms with E-state index in [1.54, 1.807) is 24.3 Å². The molecular formula is C12H10FNO3. The Morgan fingerprint density at radius 1 is 1.00 bits per heavy atom. The van der Waals surface area contributed by atoms with Crippen LogP contribution in [0.25, 0.3) is 0 Å². The molecule has 0 unspecified atom stereocenters. The summed E-state index contributed by atoms with van der Waals surface area (Å²) in [6, 6.07) is 13.1. The minimum absolute atomic E-state index is 0.0959. The number of benzene rings is 2. The second kappa shape index (κ2) is 6.22. The Kier molecular flexibility index (Phi) is 4.62. The topological polar surface area (TPSA) is 63.4 Å². The number of nitro benzene ring substituents is 1. The number of nitrogens with zero attached hydrogens (tertiary/aromatic N) is 1. The third-order valence-electron chi connectivity index (χ3n) is 1.79. The summed E-state index contributed by atoms with van der Waals surface area (Å²) in [5.74, 6) is -0.145. The molecule has 0 aliphatic heterocycles. The first kappa shape index (κ1) is 12.6. The van der Waals surface area contributed by atoms with Gasteiger partial charge in [0.15, 0.2) is 0 Å². The average molecular weight is 235 g/mol. The summed E-state index contributed by atoms with van der Waals surface area (Å²) in [7, 11) is 0. The number of rotatable bonds is 1. The minimum atomic E-state index is -0.570. The van der Waals surface area contributed by atoms with Crippen molar-refractivity contribution in [3.63, 3.8) is 0 Å².